The second kappa shape index (κ2) is 9.97. The number of thiazole rings is 1. The molecule has 1 fully saturated rings. The standard InChI is InChI=1S/C23H24FN3O4S/c1-29-20-6-3-15(11-21(20)30-2)23-26-17(14-32-23)13-22(28)25-16-4-5-19(18(24)12-16)27-7-9-31-10-8-27/h3-6,11-12,14H,7-10,13H2,1-2H3,(H,25,28). The molecular formula is C23H24FN3O4S. The van der Waals surface area contributed by atoms with Crippen LogP contribution in [0.5, 0.6) is 11.5 Å². The lowest BCUT2D eigenvalue weighted by atomic mass is 10.2. The number of carbonyl (C=O) groups is 1. The Labute approximate surface area is 189 Å². The molecule has 1 aliphatic heterocycles. The highest BCUT2D eigenvalue weighted by Gasteiger charge is 2.16. The fraction of sp³-hybridized carbons (Fsp3) is 0.304. The molecule has 32 heavy (non-hydrogen) atoms. The molecule has 0 unspecified atom stereocenters. The Morgan fingerprint density at radius 3 is 2.66 bits per heavy atom. The van der Waals surface area contributed by atoms with Crippen molar-refractivity contribution in [1.82, 2.24) is 4.98 Å². The van der Waals surface area contributed by atoms with Crippen LogP contribution in [0.1, 0.15) is 5.69 Å². The molecule has 1 aliphatic rings. The van der Waals surface area contributed by atoms with Crippen LogP contribution in [0.3, 0.4) is 0 Å². The third-order valence-electron chi connectivity index (χ3n) is 5.11. The predicted molar refractivity (Wildman–Crippen MR) is 122 cm³/mol. The van der Waals surface area contributed by atoms with Gasteiger partial charge in [-0.05, 0) is 36.4 Å². The first-order valence-corrected chi connectivity index (χ1v) is 11.0. The summed E-state index contributed by atoms with van der Waals surface area (Å²) in [7, 11) is 3.16. The molecule has 0 atom stereocenters. The van der Waals surface area contributed by atoms with E-state index >= 15 is 0 Å². The van der Waals surface area contributed by atoms with Crippen LogP contribution in [0.4, 0.5) is 15.8 Å². The van der Waals surface area contributed by atoms with Crippen molar-refractivity contribution >= 4 is 28.6 Å². The second-order valence-electron chi connectivity index (χ2n) is 7.20. The average Bonchev–Trinajstić information content (AvgIpc) is 3.27. The number of amides is 1. The van der Waals surface area contributed by atoms with Gasteiger partial charge in [0.2, 0.25) is 5.91 Å². The lowest BCUT2D eigenvalue weighted by Crippen LogP contribution is -2.36. The normalized spacial score (nSPS) is 13.7. The van der Waals surface area contributed by atoms with E-state index in [-0.39, 0.29) is 18.1 Å². The fourth-order valence-corrected chi connectivity index (χ4v) is 4.32. The predicted octanol–water partition coefficient (Wildman–Crippen LogP) is 3.98. The topological polar surface area (TPSA) is 72.9 Å². The fourth-order valence-electron chi connectivity index (χ4n) is 3.51. The molecule has 2 heterocycles. The summed E-state index contributed by atoms with van der Waals surface area (Å²) in [5.41, 5.74) is 2.45. The van der Waals surface area contributed by atoms with Gasteiger partial charge in [0.15, 0.2) is 11.5 Å². The van der Waals surface area contributed by atoms with Gasteiger partial charge in [-0.15, -0.1) is 11.3 Å². The van der Waals surface area contributed by atoms with E-state index in [4.69, 9.17) is 14.2 Å². The first-order valence-electron chi connectivity index (χ1n) is 10.2. The molecule has 1 aromatic heterocycles. The highest BCUT2D eigenvalue weighted by Crippen LogP contribution is 2.33. The number of benzene rings is 2. The van der Waals surface area contributed by atoms with Crippen LogP contribution in [-0.4, -0.2) is 51.4 Å². The van der Waals surface area contributed by atoms with E-state index in [1.54, 1.807) is 26.4 Å². The number of methoxy groups -OCH3 is 2. The van der Waals surface area contributed by atoms with Crippen LogP contribution in [0.15, 0.2) is 41.8 Å². The molecule has 1 amide bonds. The maximum atomic E-state index is 14.6. The first-order chi connectivity index (χ1) is 15.6. The quantitative estimate of drug-likeness (QED) is 0.579. The summed E-state index contributed by atoms with van der Waals surface area (Å²) in [6.07, 6.45) is 0.0939. The lowest BCUT2D eigenvalue weighted by Gasteiger charge is -2.29. The van der Waals surface area contributed by atoms with Gasteiger partial charge < -0.3 is 24.4 Å². The molecule has 168 valence electrons. The van der Waals surface area contributed by atoms with Crippen molar-refractivity contribution < 1.29 is 23.4 Å². The number of ether oxygens (including phenoxy) is 3. The van der Waals surface area contributed by atoms with Crippen molar-refractivity contribution in [3.63, 3.8) is 0 Å². The number of nitrogens with zero attached hydrogens (tertiary/aromatic N) is 2. The molecule has 0 bridgehead atoms. The molecule has 9 heteroatoms. The number of anilines is 2. The summed E-state index contributed by atoms with van der Waals surface area (Å²) in [5.74, 6) is 0.628. The SMILES string of the molecule is COc1ccc(-c2nc(CC(=O)Nc3ccc(N4CCOCC4)c(F)c3)cs2)cc1OC. The Hall–Kier alpha value is -3.17. The van der Waals surface area contributed by atoms with Crippen molar-refractivity contribution in [3.8, 4) is 22.1 Å². The maximum absolute atomic E-state index is 14.6. The molecule has 7 nitrogen and oxygen atoms in total. The van der Waals surface area contributed by atoms with E-state index in [0.717, 1.165) is 10.6 Å². The van der Waals surface area contributed by atoms with E-state index in [1.165, 1.54) is 17.4 Å². The smallest absolute Gasteiger partial charge is 0.230 e. The van der Waals surface area contributed by atoms with Gasteiger partial charge in [-0.3, -0.25) is 4.79 Å². The van der Waals surface area contributed by atoms with Gasteiger partial charge in [-0.25, -0.2) is 9.37 Å². The van der Waals surface area contributed by atoms with E-state index in [2.05, 4.69) is 10.3 Å². The second-order valence-corrected chi connectivity index (χ2v) is 8.06. The Kier molecular flexibility index (Phi) is 6.87. The number of morpholine rings is 1. The minimum atomic E-state index is -0.367. The van der Waals surface area contributed by atoms with Crippen LogP contribution in [0, 0.1) is 5.82 Å². The molecule has 2 aromatic carbocycles. The number of hydrogen-bond acceptors (Lipinski definition) is 7. The minimum absolute atomic E-state index is 0.0939. The summed E-state index contributed by atoms with van der Waals surface area (Å²) in [6, 6.07) is 10.3. The van der Waals surface area contributed by atoms with Crippen molar-refractivity contribution in [2.75, 3.05) is 50.7 Å². The molecule has 0 spiro atoms. The van der Waals surface area contributed by atoms with Gasteiger partial charge in [-0.1, -0.05) is 0 Å². The minimum Gasteiger partial charge on any atom is -0.493 e. The van der Waals surface area contributed by atoms with Gasteiger partial charge in [0.25, 0.3) is 0 Å². The zero-order chi connectivity index (χ0) is 22.5. The largest absolute Gasteiger partial charge is 0.493 e. The van der Waals surface area contributed by atoms with E-state index in [9.17, 15) is 9.18 Å². The molecule has 4 rings (SSSR count). The Balaban J connectivity index is 1.40. The van der Waals surface area contributed by atoms with E-state index in [0.29, 0.717) is 54.9 Å². The van der Waals surface area contributed by atoms with Crippen molar-refractivity contribution in [1.29, 1.82) is 0 Å². The zero-order valence-corrected chi connectivity index (χ0v) is 18.7. The summed E-state index contributed by atoms with van der Waals surface area (Å²) < 4.78 is 30.5. The highest BCUT2D eigenvalue weighted by atomic mass is 32.1. The van der Waals surface area contributed by atoms with Gasteiger partial charge in [-0.2, -0.15) is 0 Å². The summed E-state index contributed by atoms with van der Waals surface area (Å²) >= 11 is 1.44. The maximum Gasteiger partial charge on any atom is 0.230 e. The molecule has 0 aliphatic carbocycles. The van der Waals surface area contributed by atoms with Crippen molar-refractivity contribution in [2.24, 2.45) is 0 Å². The lowest BCUT2D eigenvalue weighted by molar-refractivity contribution is -0.115. The van der Waals surface area contributed by atoms with Crippen LogP contribution in [0.25, 0.3) is 10.6 Å². The molecule has 3 aromatic rings. The number of nitrogens with one attached hydrogen (secondary N) is 1. The summed E-state index contributed by atoms with van der Waals surface area (Å²) in [6.45, 7) is 2.46. The summed E-state index contributed by atoms with van der Waals surface area (Å²) in [4.78, 5) is 19.0. The molecule has 0 radical (unpaired) electrons. The highest BCUT2D eigenvalue weighted by molar-refractivity contribution is 7.13. The number of halogens is 1. The Morgan fingerprint density at radius 2 is 1.94 bits per heavy atom. The Bertz CT molecular complexity index is 1100. The number of rotatable bonds is 7. The van der Waals surface area contributed by atoms with Gasteiger partial charge in [0.1, 0.15) is 10.8 Å². The van der Waals surface area contributed by atoms with Crippen molar-refractivity contribution in [2.45, 2.75) is 6.42 Å². The van der Waals surface area contributed by atoms with Gasteiger partial charge in [0, 0.05) is 29.7 Å². The number of carbonyl (C=O) groups excluding carboxylic acids is 1. The number of hydrogen-bond donors (Lipinski definition) is 1. The van der Waals surface area contributed by atoms with E-state index < -0.39 is 0 Å². The molecule has 1 N–H and O–H groups in total. The van der Waals surface area contributed by atoms with Gasteiger partial charge >= 0.3 is 0 Å². The monoisotopic (exact) mass is 457 g/mol. The van der Waals surface area contributed by atoms with Crippen LogP contribution in [-0.2, 0) is 16.0 Å². The first kappa shape index (κ1) is 22.0. The third-order valence-corrected chi connectivity index (χ3v) is 6.05. The van der Waals surface area contributed by atoms with Crippen LogP contribution >= 0.6 is 11.3 Å². The Morgan fingerprint density at radius 1 is 1.16 bits per heavy atom. The number of aromatic nitrogens is 1. The molecule has 1 saturated heterocycles. The molecule has 0 saturated carbocycles. The average molecular weight is 458 g/mol. The van der Waals surface area contributed by atoms with Crippen LogP contribution < -0.4 is 19.7 Å². The van der Waals surface area contributed by atoms with Crippen molar-refractivity contribution in [3.05, 3.63) is 53.3 Å². The summed E-state index contributed by atoms with van der Waals surface area (Å²) in [5, 5.41) is 5.36. The van der Waals surface area contributed by atoms with Gasteiger partial charge in [0.05, 0.1) is 45.2 Å². The zero-order valence-electron chi connectivity index (χ0n) is 17.9. The van der Waals surface area contributed by atoms with E-state index in [1.807, 2.05) is 28.5 Å². The van der Waals surface area contributed by atoms with Crippen LogP contribution in [0.2, 0.25) is 0 Å². The third kappa shape index (κ3) is 5.00. The molecular weight excluding hydrogens is 433 g/mol.